The Hall–Kier alpha value is -1.37. The van der Waals surface area contributed by atoms with E-state index in [0.717, 1.165) is 0 Å². The summed E-state index contributed by atoms with van der Waals surface area (Å²) in [6.45, 7) is 0. The average Bonchev–Trinajstić information content (AvgIpc) is 2.31. The molecule has 0 unspecified atom stereocenters. The van der Waals surface area contributed by atoms with Crippen LogP contribution in [0.15, 0.2) is 0 Å². The fraction of sp³-hybridized carbons (Fsp3) is 0.857. The van der Waals surface area contributed by atoms with Crippen molar-refractivity contribution >= 4 is 6.29 Å². The highest BCUT2D eigenvalue weighted by atomic mass is 17.0. The average molecular weight is 269 g/mol. The van der Waals surface area contributed by atoms with Crippen LogP contribution in [0.4, 0.5) is 0 Å². The second kappa shape index (κ2) is 4.38. The minimum Gasteiger partial charge on any atom is -0.387 e. The first-order valence-corrected chi connectivity index (χ1v) is 4.58. The lowest BCUT2D eigenvalue weighted by Gasteiger charge is -2.50. The van der Waals surface area contributed by atoms with Crippen molar-refractivity contribution < 1.29 is 45.4 Å². The summed E-state index contributed by atoms with van der Waals surface area (Å²) in [5, 5.41) is 65.1. The molecule has 11 nitrogen and oxygen atoms in total. The highest BCUT2D eigenvalue weighted by molar-refractivity contribution is 5.66. The first-order valence-electron chi connectivity index (χ1n) is 4.58. The van der Waals surface area contributed by atoms with Crippen LogP contribution in [-0.2, 0) is 9.63 Å². The maximum atomic E-state index is 10.7. The normalized spacial score (nSPS) is 48.6. The van der Waals surface area contributed by atoms with Crippen LogP contribution in [0, 0.1) is 10.1 Å². The zero-order valence-electron chi connectivity index (χ0n) is 8.65. The van der Waals surface area contributed by atoms with Crippen LogP contribution in [-0.4, -0.2) is 77.8 Å². The summed E-state index contributed by atoms with van der Waals surface area (Å²) in [4.78, 5) is 24.5. The number of carbonyl (C=O) groups is 1. The Morgan fingerprint density at radius 1 is 1.11 bits per heavy atom. The van der Waals surface area contributed by atoms with Gasteiger partial charge in [0.2, 0.25) is 5.60 Å². The van der Waals surface area contributed by atoms with Crippen molar-refractivity contribution in [3.05, 3.63) is 10.1 Å². The van der Waals surface area contributed by atoms with E-state index in [1.165, 1.54) is 0 Å². The molecule has 104 valence electrons. The fourth-order valence-electron chi connectivity index (χ4n) is 1.71. The van der Waals surface area contributed by atoms with Gasteiger partial charge in [-0.2, -0.15) is 0 Å². The van der Waals surface area contributed by atoms with Gasteiger partial charge in [0.1, 0.15) is 24.4 Å². The number of aldehydes is 1. The molecule has 0 aromatic heterocycles. The Kier molecular flexibility index (Phi) is 3.58. The van der Waals surface area contributed by atoms with Gasteiger partial charge in [-0.25, -0.2) is 0 Å². The quantitative estimate of drug-likeness (QED) is 0.125. The first kappa shape index (κ1) is 14.7. The molecular weight excluding hydrogens is 258 g/mol. The van der Waals surface area contributed by atoms with Crippen LogP contribution in [0.5, 0.6) is 0 Å². The van der Waals surface area contributed by atoms with Crippen molar-refractivity contribution in [2.24, 2.45) is 0 Å². The van der Waals surface area contributed by atoms with Crippen LogP contribution in [0.1, 0.15) is 0 Å². The van der Waals surface area contributed by atoms with Crippen LogP contribution in [0.3, 0.4) is 0 Å². The van der Waals surface area contributed by atoms with Crippen molar-refractivity contribution in [1.29, 1.82) is 0 Å². The lowest BCUT2D eigenvalue weighted by atomic mass is 9.73. The number of hydrogen-bond acceptors (Lipinski definition) is 10. The summed E-state index contributed by atoms with van der Waals surface area (Å²) in [6, 6.07) is 0. The SMILES string of the molecule is O=C[C@]1(O)[C@H](O)[C@H](O)[C@@H](O)[C@H](O)[C@]1(O)O[N+](=O)[O-]. The Morgan fingerprint density at radius 3 is 1.94 bits per heavy atom. The molecule has 1 rings (SSSR count). The second-order valence-corrected chi connectivity index (χ2v) is 3.83. The zero-order chi connectivity index (χ0) is 14.3. The number of carbonyl (C=O) groups excluding carboxylic acids is 1. The van der Waals surface area contributed by atoms with Crippen molar-refractivity contribution in [2.45, 2.75) is 35.8 Å². The summed E-state index contributed by atoms with van der Waals surface area (Å²) in [5.41, 5.74) is -3.40. The second-order valence-electron chi connectivity index (χ2n) is 3.83. The molecule has 0 aromatic rings. The van der Waals surface area contributed by atoms with Crippen LogP contribution in [0.2, 0.25) is 0 Å². The first-order chi connectivity index (χ1) is 8.11. The Labute approximate surface area is 98.6 Å². The van der Waals surface area contributed by atoms with Crippen molar-refractivity contribution in [3.8, 4) is 0 Å². The van der Waals surface area contributed by atoms with Gasteiger partial charge in [-0.05, 0) is 0 Å². The number of rotatable bonds is 3. The Balaban J connectivity index is 3.32. The van der Waals surface area contributed by atoms with E-state index < -0.39 is 47.2 Å². The third-order valence-corrected chi connectivity index (χ3v) is 2.82. The van der Waals surface area contributed by atoms with Crippen molar-refractivity contribution in [2.75, 3.05) is 0 Å². The third kappa shape index (κ3) is 1.73. The van der Waals surface area contributed by atoms with Gasteiger partial charge in [-0.3, -0.25) is 9.63 Å². The van der Waals surface area contributed by atoms with E-state index in [1.807, 2.05) is 0 Å². The molecule has 11 heteroatoms. The van der Waals surface area contributed by atoms with Gasteiger partial charge < -0.3 is 30.6 Å². The molecule has 0 aliphatic heterocycles. The lowest BCUT2D eigenvalue weighted by Crippen LogP contribution is -2.79. The van der Waals surface area contributed by atoms with Gasteiger partial charge in [0, 0.05) is 0 Å². The molecule has 0 amide bonds. The maximum Gasteiger partial charge on any atom is 0.297 e. The molecule has 18 heavy (non-hydrogen) atoms. The number of aliphatic hydroxyl groups is 6. The van der Waals surface area contributed by atoms with Crippen LogP contribution < -0.4 is 0 Å². The molecule has 6 atom stereocenters. The largest absolute Gasteiger partial charge is 0.387 e. The molecule has 6 N–H and O–H groups in total. The lowest BCUT2D eigenvalue weighted by molar-refractivity contribution is -0.806. The zero-order valence-corrected chi connectivity index (χ0v) is 8.65. The molecular formula is C7H11NO10. The minimum atomic E-state index is -3.63. The molecule has 1 fully saturated rings. The minimum absolute atomic E-state index is 0.542. The van der Waals surface area contributed by atoms with E-state index >= 15 is 0 Å². The van der Waals surface area contributed by atoms with Gasteiger partial charge >= 0.3 is 0 Å². The van der Waals surface area contributed by atoms with Crippen LogP contribution >= 0.6 is 0 Å². The number of aliphatic hydroxyl groups excluding tert-OH is 4. The van der Waals surface area contributed by atoms with Crippen molar-refractivity contribution in [1.82, 2.24) is 0 Å². The monoisotopic (exact) mass is 269 g/mol. The molecule has 1 saturated carbocycles. The Bertz CT molecular complexity index is 362. The Morgan fingerprint density at radius 2 is 1.56 bits per heavy atom. The van der Waals surface area contributed by atoms with Gasteiger partial charge in [-0.1, -0.05) is 0 Å². The highest BCUT2D eigenvalue weighted by Crippen LogP contribution is 2.38. The summed E-state index contributed by atoms with van der Waals surface area (Å²) in [5.74, 6) is -3.63. The molecule has 0 saturated heterocycles. The molecule has 0 aromatic carbocycles. The smallest absolute Gasteiger partial charge is 0.297 e. The van der Waals surface area contributed by atoms with Gasteiger partial charge in [0.05, 0.1) is 0 Å². The van der Waals surface area contributed by atoms with E-state index in [-0.39, 0.29) is 0 Å². The molecule has 0 bridgehead atoms. The molecule has 1 aliphatic carbocycles. The predicted octanol–water partition coefficient (Wildman–Crippen LogP) is -4.73. The van der Waals surface area contributed by atoms with Gasteiger partial charge in [0.15, 0.2) is 6.29 Å². The highest BCUT2D eigenvalue weighted by Gasteiger charge is 2.70. The van der Waals surface area contributed by atoms with Crippen molar-refractivity contribution in [3.63, 3.8) is 0 Å². The van der Waals surface area contributed by atoms with E-state index in [4.69, 9.17) is 0 Å². The molecule has 0 heterocycles. The van der Waals surface area contributed by atoms with Gasteiger partial charge in [0.25, 0.3) is 10.9 Å². The third-order valence-electron chi connectivity index (χ3n) is 2.82. The summed E-state index contributed by atoms with van der Waals surface area (Å²) >= 11 is 0. The predicted molar refractivity (Wildman–Crippen MR) is 48.1 cm³/mol. The van der Waals surface area contributed by atoms with E-state index in [1.54, 1.807) is 0 Å². The standard InChI is InChI=1S/C7H11NO10/c9-1-6(14)4(12)2(10)3(11)5(13)7(6,15)18-8(16)17/h1-5,10-15H/t2-,3-,4-,5+,6+,7+/m1/s1. The van der Waals surface area contributed by atoms with E-state index in [9.17, 15) is 45.5 Å². The topological polar surface area (TPSA) is 191 Å². The number of hydrogen-bond donors (Lipinski definition) is 6. The number of nitrogens with zero attached hydrogens (tertiary/aromatic N) is 1. The summed E-state index contributed by atoms with van der Waals surface area (Å²) in [6.07, 6.45) is -10.2. The van der Waals surface area contributed by atoms with Crippen LogP contribution in [0.25, 0.3) is 0 Å². The molecule has 0 radical (unpaired) electrons. The summed E-state index contributed by atoms with van der Waals surface area (Å²) in [7, 11) is 0. The molecule has 0 spiro atoms. The maximum absolute atomic E-state index is 10.7. The van der Waals surface area contributed by atoms with Gasteiger partial charge in [-0.15, -0.1) is 10.1 Å². The fourth-order valence-corrected chi connectivity index (χ4v) is 1.71. The summed E-state index contributed by atoms with van der Waals surface area (Å²) < 4.78 is 0. The van der Waals surface area contributed by atoms with E-state index in [0.29, 0.717) is 0 Å². The van der Waals surface area contributed by atoms with E-state index in [2.05, 4.69) is 4.84 Å². The molecule has 1 aliphatic rings.